The summed E-state index contributed by atoms with van der Waals surface area (Å²) < 4.78 is 0. The molecule has 1 aliphatic heterocycles. The maximum absolute atomic E-state index is 11.6. The van der Waals surface area contributed by atoms with Crippen LogP contribution in [-0.4, -0.2) is 62.0 Å². The van der Waals surface area contributed by atoms with Crippen molar-refractivity contribution in [1.82, 2.24) is 15.1 Å². The average molecular weight is 464 g/mol. The molecule has 182 valence electrons. The van der Waals surface area contributed by atoms with Crippen LogP contribution in [0.25, 0.3) is 0 Å². The van der Waals surface area contributed by atoms with Crippen molar-refractivity contribution in [1.29, 1.82) is 0 Å². The number of hydrogen-bond acceptors (Lipinski definition) is 5. The van der Waals surface area contributed by atoms with E-state index < -0.39 is 6.04 Å². The minimum absolute atomic E-state index is 0.277. The number of nitrogens with one attached hydrogen (secondary N) is 1. The smallest absolute Gasteiger partial charge is 0.210 e. The molecule has 1 saturated heterocycles. The minimum atomic E-state index is -0.556. The van der Waals surface area contributed by atoms with Gasteiger partial charge in [-0.1, -0.05) is 42.5 Å². The van der Waals surface area contributed by atoms with Gasteiger partial charge in [-0.15, -0.1) is 0 Å². The van der Waals surface area contributed by atoms with Gasteiger partial charge in [-0.2, -0.15) is 0 Å². The van der Waals surface area contributed by atoms with E-state index >= 15 is 0 Å². The van der Waals surface area contributed by atoms with Crippen LogP contribution in [0.5, 0.6) is 0 Å². The molecule has 2 aliphatic rings. The molecular weight excluding hydrogens is 426 g/mol. The molecule has 34 heavy (non-hydrogen) atoms. The lowest BCUT2D eigenvalue weighted by Crippen LogP contribution is -2.56. The van der Waals surface area contributed by atoms with E-state index in [4.69, 9.17) is 0 Å². The normalized spacial score (nSPS) is 16.6. The number of benzene rings is 2. The zero-order chi connectivity index (χ0) is 24.6. The van der Waals surface area contributed by atoms with Crippen LogP contribution in [0, 0.1) is 12.3 Å². The van der Waals surface area contributed by atoms with Crippen LogP contribution < -0.4 is 5.32 Å². The van der Waals surface area contributed by atoms with Gasteiger partial charge in [0.2, 0.25) is 6.41 Å². The molecule has 1 unspecified atom stereocenters. The highest BCUT2D eigenvalue weighted by Gasteiger charge is 2.46. The van der Waals surface area contributed by atoms with Gasteiger partial charge in [0.15, 0.2) is 0 Å². The second-order valence-electron chi connectivity index (χ2n) is 9.76. The van der Waals surface area contributed by atoms with Gasteiger partial charge in [0.25, 0.3) is 0 Å². The summed E-state index contributed by atoms with van der Waals surface area (Å²) >= 11 is 0. The Morgan fingerprint density at radius 3 is 2.29 bits per heavy atom. The van der Waals surface area contributed by atoms with E-state index in [-0.39, 0.29) is 6.42 Å². The summed E-state index contributed by atoms with van der Waals surface area (Å²) in [6, 6.07) is 14.6. The summed E-state index contributed by atoms with van der Waals surface area (Å²) in [4.78, 5) is 37.8. The van der Waals surface area contributed by atoms with Crippen LogP contribution in [0.3, 0.4) is 0 Å². The monoisotopic (exact) mass is 463 g/mol. The number of carbonyl (C=O) groups excluding carboxylic acids is 3. The van der Waals surface area contributed by atoms with E-state index in [9.17, 15) is 14.4 Å². The lowest BCUT2D eigenvalue weighted by atomic mass is 9.77. The molecule has 1 heterocycles. The van der Waals surface area contributed by atoms with Crippen LogP contribution in [0.4, 0.5) is 0 Å². The molecule has 1 atom stereocenters. The molecule has 1 fully saturated rings. The first-order valence-corrected chi connectivity index (χ1v) is 12.0. The Kier molecular flexibility index (Phi) is 9.13. The van der Waals surface area contributed by atoms with Gasteiger partial charge < -0.3 is 19.8 Å². The van der Waals surface area contributed by atoms with Crippen LogP contribution in [-0.2, 0) is 40.3 Å². The number of aryl methyl sites for hydroxylation is 1. The van der Waals surface area contributed by atoms with Gasteiger partial charge in [0.1, 0.15) is 12.6 Å². The third kappa shape index (κ3) is 6.19. The predicted octanol–water partition coefficient (Wildman–Crippen LogP) is 2.94. The second kappa shape index (κ2) is 12.0. The zero-order valence-electron chi connectivity index (χ0n) is 20.6. The zero-order valence-corrected chi connectivity index (χ0v) is 20.6. The molecule has 0 saturated carbocycles. The molecule has 6 heteroatoms. The third-order valence-electron chi connectivity index (χ3n) is 6.81. The van der Waals surface area contributed by atoms with Gasteiger partial charge in [-0.25, -0.2) is 0 Å². The number of carbonyl (C=O) groups is 3. The fourth-order valence-corrected chi connectivity index (χ4v) is 5.29. The van der Waals surface area contributed by atoms with Crippen LogP contribution >= 0.6 is 0 Å². The third-order valence-corrected chi connectivity index (χ3v) is 6.81. The standard InChI is InChI=1S/C26H30N2O3.C2H7N/c1-20-10-22-12-26(17-27(18-26)14-21-6-3-2-4-7-21)13-23(22)11-24(20)15-28(19-31)25(16-30)8-5-9-29;1-3-2/h2-4,6-7,9-11,16,19,25H,5,8,12-15,17-18H2,1H3;3H,1-2H3. The van der Waals surface area contributed by atoms with Gasteiger partial charge in [-0.3, -0.25) is 9.69 Å². The van der Waals surface area contributed by atoms with Gasteiger partial charge >= 0.3 is 0 Å². The van der Waals surface area contributed by atoms with Gasteiger partial charge in [0.05, 0.1) is 6.04 Å². The summed E-state index contributed by atoms with van der Waals surface area (Å²) in [5.41, 5.74) is 6.73. The van der Waals surface area contributed by atoms with Crippen molar-refractivity contribution in [3.05, 3.63) is 70.3 Å². The Morgan fingerprint density at radius 1 is 1.06 bits per heavy atom. The Labute approximate surface area is 203 Å². The van der Waals surface area contributed by atoms with E-state index in [1.54, 1.807) is 0 Å². The van der Waals surface area contributed by atoms with Crippen molar-refractivity contribution in [2.24, 2.45) is 5.41 Å². The second-order valence-corrected chi connectivity index (χ2v) is 9.76. The Bertz CT molecular complexity index is 970. The summed E-state index contributed by atoms with van der Waals surface area (Å²) in [5, 5.41) is 2.75. The summed E-state index contributed by atoms with van der Waals surface area (Å²) in [5.74, 6) is 0. The van der Waals surface area contributed by atoms with E-state index in [1.807, 2.05) is 14.1 Å². The van der Waals surface area contributed by atoms with E-state index in [0.29, 0.717) is 18.4 Å². The molecular formula is C28H37N3O3. The number of amides is 1. The van der Waals surface area contributed by atoms with Gasteiger partial charge in [-0.05, 0) is 68.1 Å². The molecule has 1 spiro atoms. The van der Waals surface area contributed by atoms with Crippen molar-refractivity contribution < 1.29 is 14.4 Å². The van der Waals surface area contributed by atoms with E-state index in [2.05, 4.69) is 59.6 Å². The highest BCUT2D eigenvalue weighted by atomic mass is 16.1. The predicted molar refractivity (Wildman–Crippen MR) is 134 cm³/mol. The lowest BCUT2D eigenvalue weighted by molar-refractivity contribution is -0.126. The Morgan fingerprint density at radius 2 is 1.71 bits per heavy atom. The van der Waals surface area contributed by atoms with Crippen molar-refractivity contribution in [2.45, 2.75) is 51.7 Å². The van der Waals surface area contributed by atoms with E-state index in [0.717, 1.165) is 62.6 Å². The molecule has 4 rings (SSSR count). The number of aldehydes is 2. The number of nitrogens with zero attached hydrogens (tertiary/aromatic N) is 2. The highest BCUT2D eigenvalue weighted by molar-refractivity contribution is 5.65. The number of fused-ring (bicyclic) bond motifs is 1. The van der Waals surface area contributed by atoms with Gasteiger partial charge in [0, 0.05) is 38.0 Å². The first kappa shape index (κ1) is 25.8. The molecule has 6 nitrogen and oxygen atoms in total. The molecule has 2 aromatic carbocycles. The highest BCUT2D eigenvalue weighted by Crippen LogP contribution is 2.45. The molecule has 0 bridgehead atoms. The molecule has 1 N–H and O–H groups in total. The number of hydrogen-bond donors (Lipinski definition) is 1. The summed E-state index contributed by atoms with van der Waals surface area (Å²) in [7, 11) is 3.75. The fraction of sp³-hybridized carbons (Fsp3) is 0.464. The van der Waals surface area contributed by atoms with Crippen molar-refractivity contribution in [3.8, 4) is 0 Å². The average Bonchev–Trinajstić information content (AvgIpc) is 3.18. The molecule has 1 aliphatic carbocycles. The number of likely N-dealkylation sites (tertiary alicyclic amines) is 1. The topological polar surface area (TPSA) is 69.7 Å². The SMILES string of the molecule is CNC.Cc1cc2c(cc1CN(C=O)C(C=O)CCC=O)CC1(C2)CN(Cc2ccccc2)C1. The summed E-state index contributed by atoms with van der Waals surface area (Å²) in [6.07, 6.45) is 5.12. The summed E-state index contributed by atoms with van der Waals surface area (Å²) in [6.45, 7) is 5.71. The van der Waals surface area contributed by atoms with Crippen molar-refractivity contribution in [3.63, 3.8) is 0 Å². The maximum atomic E-state index is 11.6. The molecule has 0 radical (unpaired) electrons. The lowest BCUT2D eigenvalue weighted by Gasteiger charge is -2.48. The van der Waals surface area contributed by atoms with Crippen LogP contribution in [0.2, 0.25) is 0 Å². The largest absolute Gasteiger partial charge is 0.331 e. The van der Waals surface area contributed by atoms with Crippen molar-refractivity contribution in [2.75, 3.05) is 27.2 Å². The van der Waals surface area contributed by atoms with Crippen molar-refractivity contribution >= 4 is 19.0 Å². The molecule has 2 aromatic rings. The maximum Gasteiger partial charge on any atom is 0.210 e. The Hall–Kier alpha value is -2.83. The first-order valence-electron chi connectivity index (χ1n) is 12.0. The number of rotatable bonds is 10. The quantitative estimate of drug-likeness (QED) is 0.549. The molecule has 1 amide bonds. The fourth-order valence-electron chi connectivity index (χ4n) is 5.29. The minimum Gasteiger partial charge on any atom is -0.331 e. The van der Waals surface area contributed by atoms with Crippen LogP contribution in [0.15, 0.2) is 42.5 Å². The van der Waals surface area contributed by atoms with E-state index in [1.165, 1.54) is 21.6 Å². The molecule has 0 aromatic heterocycles. The first-order chi connectivity index (χ1) is 16.5. The van der Waals surface area contributed by atoms with Crippen LogP contribution in [0.1, 0.15) is 40.7 Å². The Balaban J connectivity index is 0.00000103.